The molecule has 0 radical (unpaired) electrons. The van der Waals surface area contributed by atoms with Crippen molar-refractivity contribution in [2.24, 2.45) is 5.41 Å². The summed E-state index contributed by atoms with van der Waals surface area (Å²) >= 11 is 0. The first-order valence-corrected chi connectivity index (χ1v) is 4.35. The van der Waals surface area contributed by atoms with Gasteiger partial charge in [-0.1, -0.05) is 20.8 Å². The van der Waals surface area contributed by atoms with Crippen molar-refractivity contribution in [3.05, 3.63) is 0 Å². The molecule has 0 heterocycles. The largest absolute Gasteiger partial charge is 0.331 e. The zero-order valence-electron chi connectivity index (χ0n) is 8.66. The lowest BCUT2D eigenvalue weighted by Crippen LogP contribution is -2.49. The number of aldehydes is 2. The Kier molecular flexibility index (Phi) is 4.83. The van der Waals surface area contributed by atoms with Gasteiger partial charge in [-0.25, -0.2) is 4.79 Å². The maximum absolute atomic E-state index is 11.1. The minimum atomic E-state index is -0.561. The molecule has 0 fully saturated rings. The molecule has 1 atom stereocenters. The minimum Gasteiger partial charge on any atom is -0.331 e. The van der Waals surface area contributed by atoms with Gasteiger partial charge in [-0.2, -0.15) is 0 Å². The van der Waals surface area contributed by atoms with Gasteiger partial charge in [-0.3, -0.25) is 0 Å². The Morgan fingerprint density at radius 1 is 1.36 bits per heavy atom. The van der Waals surface area contributed by atoms with E-state index in [4.69, 9.17) is 0 Å². The first-order chi connectivity index (χ1) is 6.41. The van der Waals surface area contributed by atoms with E-state index in [0.29, 0.717) is 12.6 Å². The average Bonchev–Trinajstić information content (AvgIpc) is 2.08. The van der Waals surface area contributed by atoms with Crippen LogP contribution in [0, 0.1) is 5.41 Å². The summed E-state index contributed by atoms with van der Waals surface area (Å²) in [5.74, 6) is 0. The van der Waals surface area contributed by atoms with Crippen LogP contribution < -0.4 is 10.6 Å². The normalized spacial score (nSPS) is 12.8. The zero-order chi connectivity index (χ0) is 11.2. The second-order valence-electron chi connectivity index (χ2n) is 4.00. The lowest BCUT2D eigenvalue weighted by molar-refractivity contribution is -0.111. The van der Waals surface area contributed by atoms with Crippen molar-refractivity contribution < 1.29 is 14.4 Å². The molecule has 0 aromatic carbocycles. The molecule has 5 nitrogen and oxygen atoms in total. The fourth-order valence-corrected chi connectivity index (χ4v) is 0.781. The van der Waals surface area contributed by atoms with E-state index in [-0.39, 0.29) is 12.0 Å². The first-order valence-electron chi connectivity index (χ1n) is 4.35. The Hall–Kier alpha value is -1.39. The summed E-state index contributed by atoms with van der Waals surface area (Å²) in [6.45, 7) is 5.46. The maximum atomic E-state index is 11.1. The quantitative estimate of drug-likeness (QED) is 0.632. The topological polar surface area (TPSA) is 75.3 Å². The van der Waals surface area contributed by atoms with Crippen molar-refractivity contribution in [1.29, 1.82) is 0 Å². The summed E-state index contributed by atoms with van der Waals surface area (Å²) in [5, 5.41) is 4.76. The van der Waals surface area contributed by atoms with E-state index in [1.165, 1.54) is 0 Å². The number of rotatable bonds is 4. The van der Waals surface area contributed by atoms with E-state index in [0.717, 1.165) is 0 Å². The average molecular weight is 200 g/mol. The molecule has 0 rings (SSSR count). The van der Waals surface area contributed by atoms with Crippen LogP contribution >= 0.6 is 0 Å². The molecule has 2 amide bonds. The molecule has 0 saturated heterocycles. The third-order valence-electron chi connectivity index (χ3n) is 1.70. The molecule has 5 heteroatoms. The summed E-state index contributed by atoms with van der Waals surface area (Å²) < 4.78 is 0. The predicted octanol–water partition coefficient (Wildman–Crippen LogP) is 0.0981. The van der Waals surface area contributed by atoms with Crippen molar-refractivity contribution in [3.8, 4) is 0 Å². The van der Waals surface area contributed by atoms with E-state index in [2.05, 4.69) is 10.6 Å². The van der Waals surface area contributed by atoms with Crippen LogP contribution in [-0.2, 0) is 9.59 Å². The highest BCUT2D eigenvalue weighted by molar-refractivity contribution is 5.80. The number of hydrogen-bond donors (Lipinski definition) is 2. The van der Waals surface area contributed by atoms with Gasteiger partial charge in [0.15, 0.2) is 0 Å². The SMILES string of the molecule is CC(C)(C)C(C=O)NC(=O)NCC=O. The van der Waals surface area contributed by atoms with Gasteiger partial charge in [0, 0.05) is 0 Å². The van der Waals surface area contributed by atoms with Gasteiger partial charge < -0.3 is 20.2 Å². The molecule has 80 valence electrons. The molecule has 0 bridgehead atoms. The molecule has 0 aromatic heterocycles. The predicted molar refractivity (Wildman–Crippen MR) is 51.9 cm³/mol. The van der Waals surface area contributed by atoms with Crippen molar-refractivity contribution in [2.45, 2.75) is 26.8 Å². The van der Waals surface area contributed by atoms with E-state index in [1.54, 1.807) is 0 Å². The zero-order valence-corrected chi connectivity index (χ0v) is 8.66. The summed E-state index contributed by atoms with van der Waals surface area (Å²) in [4.78, 5) is 31.7. The Morgan fingerprint density at radius 3 is 2.29 bits per heavy atom. The van der Waals surface area contributed by atoms with Crippen molar-refractivity contribution in [1.82, 2.24) is 10.6 Å². The van der Waals surface area contributed by atoms with E-state index in [1.807, 2.05) is 20.8 Å². The van der Waals surface area contributed by atoms with Crippen molar-refractivity contribution in [3.63, 3.8) is 0 Å². The van der Waals surface area contributed by atoms with Crippen LogP contribution in [0.4, 0.5) is 4.79 Å². The number of hydrogen-bond acceptors (Lipinski definition) is 3. The van der Waals surface area contributed by atoms with Crippen LogP contribution in [0.2, 0.25) is 0 Å². The van der Waals surface area contributed by atoms with Crippen LogP contribution in [0.3, 0.4) is 0 Å². The lowest BCUT2D eigenvalue weighted by Gasteiger charge is -2.26. The molecule has 2 N–H and O–H groups in total. The lowest BCUT2D eigenvalue weighted by atomic mass is 9.88. The molecule has 0 aliphatic carbocycles. The Morgan fingerprint density at radius 2 is 1.93 bits per heavy atom. The molecule has 14 heavy (non-hydrogen) atoms. The van der Waals surface area contributed by atoms with Gasteiger partial charge in [-0.15, -0.1) is 0 Å². The Balaban J connectivity index is 4.12. The second kappa shape index (κ2) is 5.36. The van der Waals surface area contributed by atoms with E-state index < -0.39 is 12.1 Å². The first kappa shape index (κ1) is 12.6. The minimum absolute atomic E-state index is 0.0540. The molecule has 0 saturated carbocycles. The molecule has 0 aromatic rings. The Labute approximate surface area is 83.2 Å². The molecular formula is C9H16N2O3. The molecule has 1 unspecified atom stereocenters. The van der Waals surface area contributed by atoms with Gasteiger partial charge in [0.05, 0.1) is 12.6 Å². The van der Waals surface area contributed by atoms with Crippen LogP contribution in [0.5, 0.6) is 0 Å². The molecular weight excluding hydrogens is 184 g/mol. The summed E-state index contributed by atoms with van der Waals surface area (Å²) in [7, 11) is 0. The third-order valence-corrected chi connectivity index (χ3v) is 1.70. The highest BCUT2D eigenvalue weighted by Crippen LogP contribution is 2.17. The highest BCUT2D eigenvalue weighted by atomic mass is 16.2. The van der Waals surface area contributed by atoms with Crippen LogP contribution in [0.15, 0.2) is 0 Å². The van der Waals surface area contributed by atoms with Crippen LogP contribution in [0.1, 0.15) is 20.8 Å². The van der Waals surface area contributed by atoms with E-state index in [9.17, 15) is 14.4 Å². The second-order valence-corrected chi connectivity index (χ2v) is 4.00. The summed E-state index contributed by atoms with van der Waals surface area (Å²) in [6, 6.07) is -1.07. The monoisotopic (exact) mass is 200 g/mol. The van der Waals surface area contributed by atoms with Gasteiger partial charge >= 0.3 is 6.03 Å². The standard InChI is InChI=1S/C9H16N2O3/c1-9(2,3)7(6-13)11-8(14)10-4-5-12/h5-7H,4H2,1-3H3,(H2,10,11,14). The van der Waals surface area contributed by atoms with Gasteiger partial charge in [-0.05, 0) is 5.41 Å². The smallest absolute Gasteiger partial charge is 0.315 e. The number of carbonyl (C=O) groups is 3. The van der Waals surface area contributed by atoms with Crippen molar-refractivity contribution in [2.75, 3.05) is 6.54 Å². The Bertz CT molecular complexity index is 221. The number of nitrogens with one attached hydrogen (secondary N) is 2. The fraction of sp³-hybridized carbons (Fsp3) is 0.667. The van der Waals surface area contributed by atoms with Gasteiger partial charge in [0.2, 0.25) is 0 Å². The fourth-order valence-electron chi connectivity index (χ4n) is 0.781. The van der Waals surface area contributed by atoms with Crippen molar-refractivity contribution >= 4 is 18.6 Å². The highest BCUT2D eigenvalue weighted by Gasteiger charge is 2.25. The van der Waals surface area contributed by atoms with Gasteiger partial charge in [0.25, 0.3) is 0 Å². The summed E-state index contributed by atoms with van der Waals surface area (Å²) in [6.07, 6.45) is 1.26. The summed E-state index contributed by atoms with van der Waals surface area (Å²) in [5.41, 5.74) is -0.333. The van der Waals surface area contributed by atoms with E-state index >= 15 is 0 Å². The van der Waals surface area contributed by atoms with Crippen LogP contribution in [0.25, 0.3) is 0 Å². The maximum Gasteiger partial charge on any atom is 0.315 e. The van der Waals surface area contributed by atoms with Crippen LogP contribution in [-0.4, -0.2) is 31.2 Å². The number of urea groups is 1. The number of amides is 2. The number of carbonyl (C=O) groups excluding carboxylic acids is 3. The molecule has 0 spiro atoms. The molecule has 0 aliphatic rings. The van der Waals surface area contributed by atoms with Gasteiger partial charge in [0.1, 0.15) is 12.6 Å². The molecule has 0 aliphatic heterocycles. The third kappa shape index (κ3) is 4.59.